The summed E-state index contributed by atoms with van der Waals surface area (Å²) in [6, 6.07) is 5.62. The van der Waals surface area contributed by atoms with E-state index in [2.05, 4.69) is 12.0 Å². The van der Waals surface area contributed by atoms with Crippen molar-refractivity contribution in [3.05, 3.63) is 47.1 Å². The first-order valence-electron chi connectivity index (χ1n) is 5.49. The quantitative estimate of drug-likeness (QED) is 0.838. The van der Waals surface area contributed by atoms with Gasteiger partial charge in [0.2, 0.25) is 0 Å². The highest BCUT2D eigenvalue weighted by Gasteiger charge is 2.63. The first-order valence-corrected chi connectivity index (χ1v) is 5.87. The van der Waals surface area contributed by atoms with E-state index in [9.17, 15) is 23.1 Å². The van der Waals surface area contributed by atoms with E-state index in [0.29, 0.717) is 0 Å². The Balaban J connectivity index is 2.43. The van der Waals surface area contributed by atoms with Crippen LogP contribution in [0.25, 0.3) is 0 Å². The lowest BCUT2D eigenvalue weighted by atomic mass is 10.1. The largest absolute Gasteiger partial charge is 0.438 e. The van der Waals surface area contributed by atoms with Crippen molar-refractivity contribution in [2.45, 2.75) is 18.3 Å². The number of amides is 1. The molecule has 1 amide bonds. The summed E-state index contributed by atoms with van der Waals surface area (Å²) < 4.78 is 39.0. The standard InChI is InChI=1S/C12H10ClF3N2O2/c1-7-6-11(20,12(14,15)16)18(17-7)10(19)8-4-2-3-5-9(8)13/h2-5,17,20H,1,6H2. The second kappa shape index (κ2) is 4.68. The smallest absolute Gasteiger partial charge is 0.362 e. The molecule has 0 spiro atoms. The van der Waals surface area contributed by atoms with Crippen LogP contribution >= 0.6 is 11.6 Å². The maximum Gasteiger partial charge on any atom is 0.438 e. The average Bonchev–Trinajstić information content (AvgIpc) is 2.65. The van der Waals surface area contributed by atoms with Crippen LogP contribution < -0.4 is 5.43 Å². The Bertz CT molecular complexity index is 576. The molecule has 1 fully saturated rings. The summed E-state index contributed by atoms with van der Waals surface area (Å²) in [6.45, 7) is 3.31. The van der Waals surface area contributed by atoms with Gasteiger partial charge in [-0.15, -0.1) is 0 Å². The Morgan fingerprint density at radius 1 is 1.45 bits per heavy atom. The second-order valence-electron chi connectivity index (χ2n) is 4.33. The summed E-state index contributed by atoms with van der Waals surface area (Å²) in [4.78, 5) is 12.2. The minimum Gasteiger partial charge on any atom is -0.362 e. The summed E-state index contributed by atoms with van der Waals surface area (Å²) in [5.41, 5.74) is -1.48. The first kappa shape index (κ1) is 14.7. The van der Waals surface area contributed by atoms with E-state index >= 15 is 0 Å². The van der Waals surface area contributed by atoms with E-state index in [1.807, 2.05) is 0 Å². The highest BCUT2D eigenvalue weighted by Crippen LogP contribution is 2.41. The summed E-state index contributed by atoms with van der Waals surface area (Å²) in [6.07, 6.45) is -5.87. The van der Waals surface area contributed by atoms with E-state index in [4.69, 9.17) is 11.6 Å². The predicted octanol–water partition coefficient (Wildman–Crippen LogP) is 2.46. The molecule has 0 radical (unpaired) electrons. The molecule has 2 rings (SSSR count). The van der Waals surface area contributed by atoms with Gasteiger partial charge in [0.25, 0.3) is 11.6 Å². The number of carbonyl (C=O) groups is 1. The first-order chi connectivity index (χ1) is 9.17. The molecule has 0 aromatic heterocycles. The van der Waals surface area contributed by atoms with E-state index in [1.54, 1.807) is 0 Å². The highest BCUT2D eigenvalue weighted by molar-refractivity contribution is 6.33. The van der Waals surface area contributed by atoms with Gasteiger partial charge in [0, 0.05) is 12.1 Å². The molecular weight excluding hydrogens is 297 g/mol. The van der Waals surface area contributed by atoms with Crippen LogP contribution in [0.5, 0.6) is 0 Å². The zero-order valence-corrected chi connectivity index (χ0v) is 10.8. The number of carbonyl (C=O) groups excluding carboxylic acids is 1. The fraction of sp³-hybridized carbons (Fsp3) is 0.250. The van der Waals surface area contributed by atoms with Crippen LogP contribution in [0.2, 0.25) is 5.02 Å². The van der Waals surface area contributed by atoms with E-state index in [1.165, 1.54) is 24.3 Å². The van der Waals surface area contributed by atoms with Crippen molar-refractivity contribution in [2.24, 2.45) is 0 Å². The fourth-order valence-corrected chi connectivity index (χ4v) is 2.08. The molecule has 0 bridgehead atoms. The van der Waals surface area contributed by atoms with Gasteiger partial charge in [-0.05, 0) is 12.1 Å². The van der Waals surface area contributed by atoms with Crippen LogP contribution in [0.15, 0.2) is 36.5 Å². The lowest BCUT2D eigenvalue weighted by Gasteiger charge is -2.33. The van der Waals surface area contributed by atoms with Crippen LogP contribution in [0.4, 0.5) is 13.2 Å². The third-order valence-electron chi connectivity index (χ3n) is 2.86. The Kier molecular flexibility index (Phi) is 3.43. The molecule has 1 saturated heterocycles. The molecule has 108 valence electrons. The van der Waals surface area contributed by atoms with Gasteiger partial charge in [0.05, 0.1) is 10.6 Å². The van der Waals surface area contributed by atoms with Crippen molar-refractivity contribution in [3.8, 4) is 0 Å². The number of benzene rings is 1. The molecule has 1 unspecified atom stereocenters. The van der Waals surface area contributed by atoms with Crippen molar-refractivity contribution < 1.29 is 23.1 Å². The van der Waals surface area contributed by atoms with Gasteiger partial charge in [0.1, 0.15) is 0 Å². The van der Waals surface area contributed by atoms with Gasteiger partial charge in [-0.2, -0.15) is 13.2 Å². The topological polar surface area (TPSA) is 52.6 Å². The number of hydrogen-bond acceptors (Lipinski definition) is 3. The summed E-state index contributed by atoms with van der Waals surface area (Å²) in [7, 11) is 0. The third kappa shape index (κ3) is 2.23. The van der Waals surface area contributed by atoms with Gasteiger partial charge in [-0.3, -0.25) is 10.2 Å². The Hall–Kier alpha value is -1.73. The Labute approximate surface area is 117 Å². The highest BCUT2D eigenvalue weighted by atomic mass is 35.5. The van der Waals surface area contributed by atoms with Crippen LogP contribution in [-0.4, -0.2) is 27.9 Å². The van der Waals surface area contributed by atoms with Gasteiger partial charge >= 0.3 is 6.18 Å². The van der Waals surface area contributed by atoms with Crippen molar-refractivity contribution in [3.63, 3.8) is 0 Å². The number of hydrazine groups is 1. The minimum absolute atomic E-state index is 0.0127. The number of nitrogens with one attached hydrogen (secondary N) is 1. The zero-order valence-electron chi connectivity index (χ0n) is 10.0. The van der Waals surface area contributed by atoms with Gasteiger partial charge in [-0.1, -0.05) is 30.3 Å². The molecule has 1 heterocycles. The van der Waals surface area contributed by atoms with Crippen molar-refractivity contribution >= 4 is 17.5 Å². The van der Waals surface area contributed by atoms with Gasteiger partial charge in [0.15, 0.2) is 0 Å². The number of nitrogens with zero attached hydrogens (tertiary/aromatic N) is 1. The monoisotopic (exact) mass is 306 g/mol. The minimum atomic E-state index is -5.03. The molecule has 1 aromatic rings. The Morgan fingerprint density at radius 2 is 2.05 bits per heavy atom. The molecule has 4 nitrogen and oxygen atoms in total. The predicted molar refractivity (Wildman–Crippen MR) is 65.5 cm³/mol. The molecule has 1 aliphatic rings. The SMILES string of the molecule is C=C1CC(O)(C(F)(F)F)N(C(=O)c2ccccc2Cl)N1. The van der Waals surface area contributed by atoms with E-state index < -0.39 is 24.2 Å². The number of hydrogen-bond donors (Lipinski definition) is 2. The van der Waals surface area contributed by atoms with Crippen LogP contribution in [0.1, 0.15) is 16.8 Å². The molecule has 0 aliphatic carbocycles. The van der Waals surface area contributed by atoms with Crippen molar-refractivity contribution in [1.82, 2.24) is 10.4 Å². The number of aliphatic hydroxyl groups is 1. The van der Waals surface area contributed by atoms with Crippen LogP contribution in [0, 0.1) is 0 Å². The molecule has 8 heteroatoms. The van der Waals surface area contributed by atoms with Gasteiger partial charge < -0.3 is 5.11 Å². The van der Waals surface area contributed by atoms with Gasteiger partial charge in [-0.25, -0.2) is 5.01 Å². The summed E-state index contributed by atoms with van der Waals surface area (Å²) in [5, 5.41) is 9.89. The zero-order chi connectivity index (χ0) is 15.1. The Morgan fingerprint density at radius 3 is 2.60 bits per heavy atom. The molecule has 1 aromatic carbocycles. The maximum absolute atomic E-state index is 13.0. The lowest BCUT2D eigenvalue weighted by molar-refractivity contribution is -0.299. The molecule has 1 atom stereocenters. The third-order valence-corrected chi connectivity index (χ3v) is 3.19. The second-order valence-corrected chi connectivity index (χ2v) is 4.73. The lowest BCUT2D eigenvalue weighted by Crippen LogP contribution is -2.59. The molecule has 2 N–H and O–H groups in total. The number of rotatable bonds is 1. The van der Waals surface area contributed by atoms with Crippen LogP contribution in [-0.2, 0) is 0 Å². The normalized spacial score (nSPS) is 22.9. The van der Waals surface area contributed by atoms with Crippen molar-refractivity contribution in [1.29, 1.82) is 0 Å². The summed E-state index contributed by atoms with van der Waals surface area (Å²) in [5.74, 6) is -1.09. The number of alkyl halides is 3. The van der Waals surface area contributed by atoms with Crippen molar-refractivity contribution in [2.75, 3.05) is 0 Å². The molecule has 0 saturated carbocycles. The van der Waals surface area contributed by atoms with E-state index in [0.717, 1.165) is 0 Å². The molecule has 1 aliphatic heterocycles. The van der Waals surface area contributed by atoms with E-state index in [-0.39, 0.29) is 21.3 Å². The molecular formula is C12H10ClF3N2O2. The summed E-state index contributed by atoms with van der Waals surface area (Å²) >= 11 is 5.78. The fourth-order valence-electron chi connectivity index (χ4n) is 1.87. The molecule has 20 heavy (non-hydrogen) atoms. The maximum atomic E-state index is 13.0. The average molecular weight is 307 g/mol. The van der Waals surface area contributed by atoms with Crippen LogP contribution in [0.3, 0.4) is 0 Å². The number of halogens is 4.